The van der Waals surface area contributed by atoms with Crippen molar-refractivity contribution in [3.05, 3.63) is 41.6 Å². The molecule has 0 fully saturated rings. The van der Waals surface area contributed by atoms with Crippen molar-refractivity contribution in [3.8, 4) is 11.9 Å². The number of carbonyl (C=O) groups excluding carboxylic acids is 1. The fourth-order valence-corrected chi connectivity index (χ4v) is 2.97. The highest BCUT2D eigenvalue weighted by Crippen LogP contribution is 2.33. The molecule has 1 aromatic carbocycles. The van der Waals surface area contributed by atoms with E-state index in [1.165, 1.54) is 0 Å². The highest BCUT2D eigenvalue weighted by Gasteiger charge is 2.31. The largest absolute Gasteiger partial charge is 0.308 e. The van der Waals surface area contributed by atoms with Crippen LogP contribution in [0.5, 0.6) is 0 Å². The van der Waals surface area contributed by atoms with Gasteiger partial charge in [-0.1, -0.05) is 18.2 Å². The number of hydrogen-bond donors (Lipinski definition) is 0. The van der Waals surface area contributed by atoms with E-state index in [-0.39, 0.29) is 5.91 Å². The summed E-state index contributed by atoms with van der Waals surface area (Å²) in [4.78, 5) is 15.6. The summed E-state index contributed by atoms with van der Waals surface area (Å²) in [5.74, 6) is 0.966. The first-order valence-electron chi connectivity index (χ1n) is 7.73. The zero-order valence-electron chi connectivity index (χ0n) is 13.4. The summed E-state index contributed by atoms with van der Waals surface area (Å²) in [6.45, 7) is 3.03. The standard InChI is InChI=1S/C17H19N5O/c1-3-21-16(23)10-9-14-15(11-20(2)12-18)19-22(17(14)21)13-7-5-4-6-8-13/h4-8H,3,9-11H2,1-2H3. The van der Waals surface area contributed by atoms with E-state index in [1.807, 2.05) is 41.9 Å². The van der Waals surface area contributed by atoms with Crippen LogP contribution in [0.4, 0.5) is 5.82 Å². The van der Waals surface area contributed by atoms with Gasteiger partial charge in [-0.25, -0.2) is 4.68 Å². The van der Waals surface area contributed by atoms with Crippen molar-refractivity contribution in [3.63, 3.8) is 0 Å². The van der Waals surface area contributed by atoms with Gasteiger partial charge in [-0.2, -0.15) is 10.4 Å². The number of rotatable bonds is 4. The van der Waals surface area contributed by atoms with Crippen LogP contribution in [0.3, 0.4) is 0 Å². The second kappa shape index (κ2) is 6.13. The first-order chi connectivity index (χ1) is 11.2. The second-order valence-electron chi connectivity index (χ2n) is 5.59. The molecule has 23 heavy (non-hydrogen) atoms. The van der Waals surface area contributed by atoms with Gasteiger partial charge >= 0.3 is 0 Å². The molecule has 3 rings (SSSR count). The summed E-state index contributed by atoms with van der Waals surface area (Å²) >= 11 is 0. The van der Waals surface area contributed by atoms with Crippen molar-refractivity contribution in [1.29, 1.82) is 5.26 Å². The molecular formula is C17H19N5O. The summed E-state index contributed by atoms with van der Waals surface area (Å²) in [5.41, 5.74) is 2.85. The molecule has 1 aromatic heterocycles. The summed E-state index contributed by atoms with van der Waals surface area (Å²) in [6.07, 6.45) is 3.27. The van der Waals surface area contributed by atoms with Crippen molar-refractivity contribution >= 4 is 11.7 Å². The molecule has 0 radical (unpaired) electrons. The number of fused-ring (bicyclic) bond motifs is 1. The lowest BCUT2D eigenvalue weighted by molar-refractivity contribution is -0.118. The SMILES string of the molecule is CCN1C(=O)CCc2c(CN(C)C#N)nn(-c3ccccc3)c21. The monoisotopic (exact) mass is 309 g/mol. The topological polar surface area (TPSA) is 65.2 Å². The van der Waals surface area contributed by atoms with E-state index in [0.29, 0.717) is 25.9 Å². The van der Waals surface area contributed by atoms with Crippen molar-refractivity contribution in [1.82, 2.24) is 14.7 Å². The van der Waals surface area contributed by atoms with Gasteiger partial charge in [0.25, 0.3) is 0 Å². The number of carbonyl (C=O) groups is 1. The highest BCUT2D eigenvalue weighted by atomic mass is 16.2. The normalized spacial score (nSPS) is 13.6. The van der Waals surface area contributed by atoms with Gasteiger partial charge in [0.1, 0.15) is 5.82 Å². The van der Waals surface area contributed by atoms with Crippen LogP contribution in [0.2, 0.25) is 0 Å². The van der Waals surface area contributed by atoms with Crippen LogP contribution >= 0.6 is 0 Å². The lowest BCUT2D eigenvalue weighted by Gasteiger charge is -2.27. The zero-order chi connectivity index (χ0) is 16.4. The number of hydrogen-bond acceptors (Lipinski definition) is 4. The summed E-state index contributed by atoms with van der Waals surface area (Å²) < 4.78 is 1.83. The Kier molecular flexibility index (Phi) is 4.02. The average Bonchev–Trinajstić information content (AvgIpc) is 2.94. The highest BCUT2D eigenvalue weighted by molar-refractivity contribution is 5.96. The Bertz CT molecular complexity index is 759. The lowest BCUT2D eigenvalue weighted by atomic mass is 10.0. The zero-order valence-corrected chi connectivity index (χ0v) is 13.4. The number of aromatic nitrogens is 2. The van der Waals surface area contributed by atoms with Gasteiger partial charge in [0.2, 0.25) is 5.91 Å². The average molecular weight is 309 g/mol. The third-order valence-electron chi connectivity index (χ3n) is 4.06. The summed E-state index contributed by atoms with van der Waals surface area (Å²) in [7, 11) is 1.74. The van der Waals surface area contributed by atoms with Gasteiger partial charge in [0, 0.05) is 25.6 Å². The van der Waals surface area contributed by atoms with Gasteiger partial charge in [-0.3, -0.25) is 9.69 Å². The van der Waals surface area contributed by atoms with Crippen molar-refractivity contribution < 1.29 is 4.79 Å². The van der Waals surface area contributed by atoms with E-state index < -0.39 is 0 Å². The molecule has 0 unspecified atom stereocenters. The number of nitrogens with zero attached hydrogens (tertiary/aromatic N) is 5. The minimum atomic E-state index is 0.122. The van der Waals surface area contributed by atoms with Crippen LogP contribution < -0.4 is 4.90 Å². The van der Waals surface area contributed by atoms with Crippen LogP contribution in [-0.2, 0) is 17.8 Å². The molecule has 0 spiro atoms. The first kappa shape index (κ1) is 15.1. The van der Waals surface area contributed by atoms with Crippen LogP contribution in [0.15, 0.2) is 30.3 Å². The quantitative estimate of drug-likeness (QED) is 0.641. The van der Waals surface area contributed by atoms with Crippen LogP contribution in [0.1, 0.15) is 24.6 Å². The summed E-state index contributed by atoms with van der Waals surface area (Å²) in [5, 5.41) is 13.8. The molecule has 0 saturated carbocycles. The maximum Gasteiger partial charge on any atom is 0.228 e. The van der Waals surface area contributed by atoms with Crippen LogP contribution in [0, 0.1) is 11.5 Å². The fraction of sp³-hybridized carbons (Fsp3) is 0.353. The molecule has 0 aliphatic carbocycles. The Morgan fingerprint density at radius 2 is 2.04 bits per heavy atom. The van der Waals surface area contributed by atoms with E-state index in [2.05, 4.69) is 6.19 Å². The van der Waals surface area contributed by atoms with Crippen LogP contribution in [0.25, 0.3) is 5.69 Å². The van der Waals surface area contributed by atoms with Crippen molar-refractivity contribution in [2.75, 3.05) is 18.5 Å². The number of amides is 1. The predicted molar refractivity (Wildman–Crippen MR) is 87.0 cm³/mol. The molecule has 0 atom stereocenters. The number of para-hydroxylation sites is 1. The van der Waals surface area contributed by atoms with E-state index in [1.54, 1.807) is 16.8 Å². The molecule has 2 aromatic rings. The molecule has 1 aliphatic rings. The molecule has 1 amide bonds. The third kappa shape index (κ3) is 2.66. The van der Waals surface area contributed by atoms with Crippen LogP contribution in [-0.4, -0.2) is 34.2 Å². The third-order valence-corrected chi connectivity index (χ3v) is 4.06. The molecule has 6 heteroatoms. The Hall–Kier alpha value is -2.81. The lowest BCUT2D eigenvalue weighted by Crippen LogP contribution is -2.36. The minimum Gasteiger partial charge on any atom is -0.308 e. The fourth-order valence-electron chi connectivity index (χ4n) is 2.97. The Balaban J connectivity index is 2.16. The summed E-state index contributed by atoms with van der Waals surface area (Å²) in [6, 6.07) is 9.79. The predicted octanol–water partition coefficient (Wildman–Crippen LogP) is 2.08. The van der Waals surface area contributed by atoms with Gasteiger partial charge < -0.3 is 4.90 Å². The van der Waals surface area contributed by atoms with E-state index in [9.17, 15) is 4.79 Å². The molecule has 6 nitrogen and oxygen atoms in total. The maximum atomic E-state index is 12.3. The van der Waals surface area contributed by atoms with Crippen molar-refractivity contribution in [2.45, 2.75) is 26.3 Å². The van der Waals surface area contributed by atoms with Gasteiger partial charge in [0.05, 0.1) is 17.9 Å². The van der Waals surface area contributed by atoms with E-state index in [4.69, 9.17) is 10.4 Å². The molecule has 0 saturated heterocycles. The molecule has 2 heterocycles. The number of nitriles is 1. The smallest absolute Gasteiger partial charge is 0.228 e. The van der Waals surface area contributed by atoms with E-state index >= 15 is 0 Å². The molecule has 1 aliphatic heterocycles. The molecule has 0 N–H and O–H groups in total. The molecule has 0 bridgehead atoms. The Morgan fingerprint density at radius 1 is 1.30 bits per heavy atom. The number of anilines is 1. The van der Waals surface area contributed by atoms with Gasteiger partial charge in [-0.15, -0.1) is 0 Å². The Morgan fingerprint density at radius 3 is 2.70 bits per heavy atom. The first-order valence-corrected chi connectivity index (χ1v) is 7.73. The maximum absolute atomic E-state index is 12.3. The molecular weight excluding hydrogens is 290 g/mol. The van der Waals surface area contributed by atoms with Gasteiger partial charge in [0.15, 0.2) is 6.19 Å². The number of benzene rings is 1. The Labute approximate surface area is 135 Å². The van der Waals surface area contributed by atoms with Gasteiger partial charge in [-0.05, 0) is 25.5 Å². The minimum absolute atomic E-state index is 0.122. The second-order valence-corrected chi connectivity index (χ2v) is 5.59. The molecule has 118 valence electrons. The van der Waals surface area contributed by atoms with Crippen molar-refractivity contribution in [2.24, 2.45) is 0 Å². The van der Waals surface area contributed by atoms with E-state index in [0.717, 1.165) is 22.8 Å².